The molecule has 3 aromatic rings. The number of ether oxygens (including phenoxy) is 3. The maximum absolute atomic E-state index is 12.3. The van der Waals surface area contributed by atoms with Crippen molar-refractivity contribution in [2.45, 2.75) is 23.9 Å². The third-order valence-electron chi connectivity index (χ3n) is 4.59. The Hall–Kier alpha value is -3.18. The Morgan fingerprint density at radius 2 is 1.97 bits per heavy atom. The highest BCUT2D eigenvalue weighted by Gasteiger charge is 2.30. The van der Waals surface area contributed by atoms with Gasteiger partial charge in [-0.3, -0.25) is 4.72 Å². The summed E-state index contributed by atoms with van der Waals surface area (Å²) in [5, 5.41) is 7.58. The minimum absolute atomic E-state index is 0.196. The van der Waals surface area contributed by atoms with Crippen LogP contribution >= 0.6 is 0 Å². The van der Waals surface area contributed by atoms with Crippen molar-refractivity contribution in [3.05, 3.63) is 71.9 Å². The molecule has 0 fully saturated rings. The molecule has 1 aliphatic heterocycles. The maximum atomic E-state index is 12.3. The predicted molar refractivity (Wildman–Crippen MR) is 121 cm³/mol. The van der Waals surface area contributed by atoms with E-state index in [1.165, 1.54) is 24.8 Å². The van der Waals surface area contributed by atoms with Crippen LogP contribution in [-0.2, 0) is 28.3 Å². The second-order valence-electron chi connectivity index (χ2n) is 7.07. The molecule has 1 atom stereocenters. The molecule has 0 bridgehead atoms. The van der Waals surface area contributed by atoms with E-state index in [0.29, 0.717) is 17.3 Å². The summed E-state index contributed by atoms with van der Waals surface area (Å²) >= 11 is 0. The van der Waals surface area contributed by atoms with Crippen LogP contribution < -0.4 is 14.2 Å². The number of methoxy groups -OCH3 is 1. The Bertz CT molecular complexity index is 1080. The number of hydrogen-bond donors (Lipinski definition) is 1. The second kappa shape index (κ2) is 12.3. The minimum Gasteiger partial charge on any atom is -0.493 e. The van der Waals surface area contributed by atoms with Crippen LogP contribution in [0.4, 0.5) is 19.0 Å². The molecule has 11 heteroatoms. The van der Waals surface area contributed by atoms with E-state index >= 15 is 0 Å². The first-order chi connectivity index (χ1) is 16.4. The van der Waals surface area contributed by atoms with Crippen LogP contribution in [0.1, 0.15) is 17.5 Å². The number of aryl methyl sites for hydroxylation is 1. The average molecular weight is 496 g/mol. The number of anilines is 1. The molecular weight excluding hydrogens is 471 g/mol. The highest BCUT2D eigenvalue weighted by Crippen LogP contribution is 2.31. The summed E-state index contributed by atoms with van der Waals surface area (Å²) in [6, 6.07) is 13.9. The van der Waals surface area contributed by atoms with E-state index in [9.17, 15) is 17.4 Å². The van der Waals surface area contributed by atoms with Gasteiger partial charge < -0.3 is 14.2 Å². The summed E-state index contributed by atoms with van der Waals surface area (Å²) in [6.07, 6.45) is -0.714. The van der Waals surface area contributed by atoms with Crippen molar-refractivity contribution < 1.29 is 31.6 Å². The zero-order valence-electron chi connectivity index (χ0n) is 18.4. The number of fused-ring (bicyclic) bond motifs is 1. The lowest BCUT2D eigenvalue weighted by atomic mass is 10.1. The number of rotatable bonds is 7. The number of alkyl halides is 3. The summed E-state index contributed by atoms with van der Waals surface area (Å²) < 4.78 is 67.2. The van der Waals surface area contributed by atoms with Gasteiger partial charge in [-0.25, -0.2) is 4.21 Å². The van der Waals surface area contributed by atoms with Gasteiger partial charge in [0.05, 0.1) is 23.7 Å². The van der Waals surface area contributed by atoms with E-state index < -0.39 is 22.7 Å². The number of nitrogens with one attached hydrogen (secondary N) is 1. The Morgan fingerprint density at radius 1 is 1.12 bits per heavy atom. The summed E-state index contributed by atoms with van der Waals surface area (Å²) in [5.41, 5.74) is 0.462. The van der Waals surface area contributed by atoms with E-state index in [1.807, 2.05) is 18.2 Å². The molecule has 0 aliphatic carbocycles. The lowest BCUT2D eigenvalue weighted by Gasteiger charge is -2.17. The van der Waals surface area contributed by atoms with Crippen molar-refractivity contribution in [2.24, 2.45) is 0 Å². The average Bonchev–Trinajstić information content (AvgIpc) is 2.84. The first kappa shape index (κ1) is 25.4. The number of hydrogen-bond acceptors (Lipinski definition) is 6. The number of benzene rings is 2. The molecule has 182 valence electrons. The second-order valence-corrected chi connectivity index (χ2v) is 8.28. The zero-order chi connectivity index (χ0) is 24.4. The van der Waals surface area contributed by atoms with Crippen LogP contribution in [0.5, 0.6) is 11.5 Å². The topological polar surface area (TPSA) is 82.6 Å². The lowest BCUT2D eigenvalue weighted by molar-refractivity contribution is -0.137. The van der Waals surface area contributed by atoms with Crippen molar-refractivity contribution in [2.75, 3.05) is 31.7 Å². The predicted octanol–water partition coefficient (Wildman–Crippen LogP) is 4.67. The number of nitrogens with zero attached hydrogens (tertiary/aromatic N) is 2. The summed E-state index contributed by atoms with van der Waals surface area (Å²) in [7, 11) is 0.131. The van der Waals surface area contributed by atoms with Gasteiger partial charge in [-0.1, -0.05) is 12.1 Å². The van der Waals surface area contributed by atoms with Crippen molar-refractivity contribution in [3.8, 4) is 11.5 Å². The molecular formula is C23H24F3N3O4S. The highest BCUT2D eigenvalue weighted by atomic mass is 32.2. The fourth-order valence-corrected chi connectivity index (χ4v) is 3.77. The monoisotopic (exact) mass is 495 g/mol. The molecule has 2 heterocycles. The molecule has 34 heavy (non-hydrogen) atoms. The van der Waals surface area contributed by atoms with Gasteiger partial charge >= 0.3 is 6.18 Å². The fraction of sp³-hybridized carbons (Fsp3) is 0.304. The molecule has 0 saturated heterocycles. The Labute approximate surface area is 197 Å². The van der Waals surface area contributed by atoms with E-state index in [0.717, 1.165) is 37.3 Å². The smallest absolute Gasteiger partial charge is 0.416 e. The number of aromatic nitrogens is 2. The molecule has 1 aromatic heterocycles. The van der Waals surface area contributed by atoms with Crippen LogP contribution in [0.2, 0.25) is 0 Å². The van der Waals surface area contributed by atoms with Gasteiger partial charge in [0.25, 0.3) is 0 Å². The number of halogens is 3. The molecule has 0 spiro atoms. The van der Waals surface area contributed by atoms with E-state index in [4.69, 9.17) is 14.2 Å². The Kier molecular flexibility index (Phi) is 9.23. The molecule has 1 unspecified atom stereocenters. The summed E-state index contributed by atoms with van der Waals surface area (Å²) in [5.74, 6) is 1.51. The van der Waals surface area contributed by atoms with Crippen LogP contribution in [0.25, 0.3) is 0 Å². The van der Waals surface area contributed by atoms with Gasteiger partial charge in [0, 0.05) is 13.3 Å². The van der Waals surface area contributed by atoms with Crippen molar-refractivity contribution in [1.82, 2.24) is 10.2 Å². The van der Waals surface area contributed by atoms with Crippen molar-refractivity contribution in [1.29, 1.82) is 0 Å². The van der Waals surface area contributed by atoms with Crippen molar-refractivity contribution in [3.63, 3.8) is 0 Å². The van der Waals surface area contributed by atoms with Gasteiger partial charge in [-0.05, 0) is 60.9 Å². The molecule has 0 radical (unpaired) electrons. The molecule has 2 aromatic carbocycles. The molecule has 7 nitrogen and oxygen atoms in total. The quantitative estimate of drug-likeness (QED) is 0.480. The van der Waals surface area contributed by atoms with E-state index in [2.05, 4.69) is 14.9 Å². The van der Waals surface area contributed by atoms with Crippen LogP contribution in [-0.4, -0.2) is 41.3 Å². The van der Waals surface area contributed by atoms with Gasteiger partial charge in [0.1, 0.15) is 18.1 Å². The molecule has 1 N–H and O–H groups in total. The summed E-state index contributed by atoms with van der Waals surface area (Å²) in [6.45, 7) is 1.30. The normalized spacial score (nSPS) is 13.5. The van der Waals surface area contributed by atoms with Gasteiger partial charge in [0.15, 0.2) is 16.8 Å². The molecule has 4 rings (SSSR count). The highest BCUT2D eigenvalue weighted by molar-refractivity contribution is 7.86. The Morgan fingerprint density at radius 3 is 2.71 bits per heavy atom. The van der Waals surface area contributed by atoms with Crippen molar-refractivity contribution >= 4 is 16.8 Å². The Balaban J connectivity index is 0.000000197. The first-order valence-corrected chi connectivity index (χ1v) is 11.5. The van der Waals surface area contributed by atoms with E-state index in [-0.39, 0.29) is 12.4 Å². The standard InChI is InChI=1S/C13H13N3O2S.C10H11F3O2/c17-19(16-13-4-1-7-14-15-13)11-6-5-10-3-2-8-18-12(10)9-11;1-14-5-6-15-9-4-2-3-8(7-9)10(11,12)13/h1,4-7,9H,2-3,8H2,(H,15,16);2-4,7H,5-6H2,1H3. The summed E-state index contributed by atoms with van der Waals surface area (Å²) in [4.78, 5) is 0.673. The van der Waals surface area contributed by atoms with Gasteiger partial charge in [-0.15, -0.1) is 5.10 Å². The van der Waals surface area contributed by atoms with Crippen LogP contribution in [0.15, 0.2) is 65.7 Å². The third-order valence-corrected chi connectivity index (χ3v) is 5.66. The fourth-order valence-electron chi connectivity index (χ4n) is 2.95. The third kappa shape index (κ3) is 7.70. The SMILES string of the molecule is COCCOc1cccc(C(F)(F)F)c1.O=S(Nc1cccnn1)c1ccc2c(c1)OCCC2. The largest absolute Gasteiger partial charge is 0.493 e. The zero-order valence-corrected chi connectivity index (χ0v) is 19.2. The molecule has 0 amide bonds. The first-order valence-electron chi connectivity index (χ1n) is 10.4. The van der Waals surface area contributed by atoms with E-state index in [1.54, 1.807) is 18.3 Å². The molecule has 1 aliphatic rings. The molecule has 0 saturated carbocycles. The van der Waals surface area contributed by atoms with Crippen LogP contribution in [0.3, 0.4) is 0 Å². The lowest BCUT2D eigenvalue weighted by Crippen LogP contribution is -2.11. The maximum Gasteiger partial charge on any atom is 0.416 e. The minimum atomic E-state index is -4.33. The van der Waals surface area contributed by atoms with Gasteiger partial charge in [-0.2, -0.15) is 18.3 Å². The van der Waals surface area contributed by atoms with Gasteiger partial charge in [0.2, 0.25) is 0 Å². The van der Waals surface area contributed by atoms with Crippen LogP contribution in [0, 0.1) is 0 Å².